The van der Waals surface area contributed by atoms with Gasteiger partial charge in [-0.25, -0.2) is 0 Å². The molecule has 15 unspecified atom stereocenters. The van der Waals surface area contributed by atoms with E-state index in [9.17, 15) is 0 Å². The van der Waals surface area contributed by atoms with Crippen LogP contribution in [0.2, 0.25) is 0 Å². The predicted molar refractivity (Wildman–Crippen MR) is 177 cm³/mol. The van der Waals surface area contributed by atoms with Gasteiger partial charge in [0.15, 0.2) is 0 Å². The Labute approximate surface area is 257 Å². The highest BCUT2D eigenvalue weighted by Crippen LogP contribution is 2.77. The summed E-state index contributed by atoms with van der Waals surface area (Å²) in [6, 6.07) is 0. The third kappa shape index (κ3) is 4.76. The first-order valence-corrected chi connectivity index (χ1v) is 18.9. The monoisotopic (exact) mass is 569 g/mol. The average Bonchev–Trinajstić information content (AvgIpc) is 3.42. The van der Waals surface area contributed by atoms with Crippen LogP contribution in [-0.4, -0.2) is 12.2 Å². The first-order chi connectivity index (χ1) is 19.2. The molecule has 238 valence electrons. The molecule has 5 saturated carbocycles. The molecule has 0 saturated heterocycles. The van der Waals surface area contributed by atoms with Gasteiger partial charge in [-0.05, 0) is 109 Å². The van der Waals surface area contributed by atoms with Gasteiger partial charge in [0.2, 0.25) is 0 Å². The molecular weight excluding hydrogens is 496 g/mol. The number of ether oxygens (including phenoxy) is 1. The van der Waals surface area contributed by atoms with Crippen molar-refractivity contribution in [2.45, 2.75) is 166 Å². The van der Waals surface area contributed by atoms with Crippen LogP contribution in [0.4, 0.5) is 0 Å². The van der Waals surface area contributed by atoms with Crippen molar-refractivity contribution >= 4 is 0 Å². The molecule has 0 heterocycles. The van der Waals surface area contributed by atoms with Gasteiger partial charge in [0, 0.05) is 10.8 Å². The molecule has 0 aromatic heterocycles. The van der Waals surface area contributed by atoms with Gasteiger partial charge in [0.25, 0.3) is 0 Å². The Morgan fingerprint density at radius 1 is 0.780 bits per heavy atom. The molecule has 15 atom stereocenters. The van der Waals surface area contributed by atoms with Crippen molar-refractivity contribution in [3.05, 3.63) is 0 Å². The Morgan fingerprint density at radius 2 is 1.44 bits per heavy atom. The second-order valence-corrected chi connectivity index (χ2v) is 18.2. The summed E-state index contributed by atoms with van der Waals surface area (Å²) in [4.78, 5) is 0. The van der Waals surface area contributed by atoms with Gasteiger partial charge in [-0.1, -0.05) is 121 Å². The van der Waals surface area contributed by atoms with Gasteiger partial charge in [0.05, 0.1) is 12.2 Å². The summed E-state index contributed by atoms with van der Waals surface area (Å²) in [6.07, 6.45) is 16.5. The highest BCUT2D eigenvalue weighted by atomic mass is 16.5. The maximum atomic E-state index is 7.65. The molecule has 0 N–H and O–H groups in total. The van der Waals surface area contributed by atoms with E-state index in [1.807, 2.05) is 0 Å². The normalized spacial score (nSPS) is 53.0. The lowest BCUT2D eigenvalue weighted by Gasteiger charge is -2.77. The molecule has 0 bridgehead atoms. The number of hydrogen-bond acceptors (Lipinski definition) is 1. The predicted octanol–water partition coefficient (Wildman–Crippen LogP) is 11.7. The SMILES string of the molecule is CCC(C)OC1C2(C)C(CCC3CCCC3)C3CCCC(C)C3C(C)C2C(C)C2(C)C(C)C(C(C)C)C(C)CC12C. The van der Waals surface area contributed by atoms with Crippen molar-refractivity contribution in [1.82, 2.24) is 0 Å². The topological polar surface area (TPSA) is 9.23 Å². The maximum absolute atomic E-state index is 7.65. The largest absolute Gasteiger partial charge is 0.374 e. The molecule has 0 amide bonds. The number of rotatable bonds is 7. The van der Waals surface area contributed by atoms with E-state index in [1.54, 1.807) is 0 Å². The zero-order chi connectivity index (χ0) is 30.1. The lowest BCUT2D eigenvalue weighted by Crippen LogP contribution is -2.75. The highest BCUT2D eigenvalue weighted by Gasteiger charge is 2.74. The summed E-state index contributed by atoms with van der Waals surface area (Å²) in [5.74, 6) is 9.85. The van der Waals surface area contributed by atoms with Gasteiger partial charge in [-0.15, -0.1) is 0 Å². The quantitative estimate of drug-likeness (QED) is 0.297. The number of fused-ring (bicyclic) bond motifs is 3. The van der Waals surface area contributed by atoms with E-state index in [0.717, 1.165) is 77.4 Å². The Hall–Kier alpha value is -0.0400. The van der Waals surface area contributed by atoms with Gasteiger partial charge in [-0.2, -0.15) is 0 Å². The average molecular weight is 569 g/mol. The minimum atomic E-state index is 0.212. The summed E-state index contributed by atoms with van der Waals surface area (Å²) in [7, 11) is 0. The fourth-order valence-corrected chi connectivity index (χ4v) is 14.7. The van der Waals surface area contributed by atoms with E-state index in [4.69, 9.17) is 4.74 Å². The van der Waals surface area contributed by atoms with Crippen LogP contribution < -0.4 is 0 Å². The van der Waals surface area contributed by atoms with Crippen molar-refractivity contribution in [1.29, 1.82) is 0 Å². The van der Waals surface area contributed by atoms with E-state index in [2.05, 4.69) is 83.1 Å². The number of hydrogen-bond donors (Lipinski definition) is 0. The van der Waals surface area contributed by atoms with Crippen LogP contribution in [0.15, 0.2) is 0 Å². The van der Waals surface area contributed by atoms with Crippen LogP contribution >= 0.6 is 0 Å². The molecule has 5 rings (SSSR count). The van der Waals surface area contributed by atoms with Crippen LogP contribution in [0, 0.1) is 87.3 Å². The van der Waals surface area contributed by atoms with Crippen molar-refractivity contribution in [2.75, 3.05) is 0 Å². The van der Waals surface area contributed by atoms with Crippen molar-refractivity contribution < 1.29 is 4.74 Å². The lowest BCUT2D eigenvalue weighted by atomic mass is 9.29. The molecular formula is C40H72O. The summed E-state index contributed by atoms with van der Waals surface area (Å²) in [6.45, 7) is 31.6. The first kappa shape index (κ1) is 32.4. The van der Waals surface area contributed by atoms with Crippen molar-refractivity contribution in [3.8, 4) is 0 Å². The van der Waals surface area contributed by atoms with Gasteiger partial charge in [0.1, 0.15) is 0 Å². The highest BCUT2D eigenvalue weighted by molar-refractivity contribution is 5.22. The van der Waals surface area contributed by atoms with E-state index in [1.165, 1.54) is 64.2 Å². The molecule has 5 aliphatic carbocycles. The summed E-state index contributed by atoms with van der Waals surface area (Å²) < 4.78 is 7.65. The molecule has 5 aliphatic rings. The van der Waals surface area contributed by atoms with E-state index in [-0.39, 0.29) is 10.8 Å². The second kappa shape index (κ2) is 11.7. The van der Waals surface area contributed by atoms with Crippen LogP contribution in [0.25, 0.3) is 0 Å². The van der Waals surface area contributed by atoms with Crippen molar-refractivity contribution in [2.24, 2.45) is 87.3 Å². The summed E-state index contributed by atoms with van der Waals surface area (Å²) >= 11 is 0. The van der Waals surface area contributed by atoms with E-state index >= 15 is 0 Å². The van der Waals surface area contributed by atoms with Crippen LogP contribution in [-0.2, 0) is 4.74 Å². The van der Waals surface area contributed by atoms with Crippen LogP contribution in [0.5, 0.6) is 0 Å². The summed E-state index contributed by atoms with van der Waals surface area (Å²) in [5, 5.41) is 0. The van der Waals surface area contributed by atoms with Gasteiger partial charge >= 0.3 is 0 Å². The minimum absolute atomic E-state index is 0.212. The maximum Gasteiger partial charge on any atom is 0.0696 e. The van der Waals surface area contributed by atoms with E-state index in [0.29, 0.717) is 17.6 Å². The van der Waals surface area contributed by atoms with Gasteiger partial charge in [-0.3, -0.25) is 0 Å². The first-order valence-electron chi connectivity index (χ1n) is 18.9. The lowest BCUT2D eigenvalue weighted by molar-refractivity contribution is -0.330. The van der Waals surface area contributed by atoms with Crippen molar-refractivity contribution in [3.63, 3.8) is 0 Å². The second-order valence-electron chi connectivity index (χ2n) is 18.2. The smallest absolute Gasteiger partial charge is 0.0696 e. The standard InChI is InChI=1S/C40H72O/c1-13-27(6)41-37-38(10)23-26(5)34(24(2)3)29(8)40(38,12)30(9)36-28(7)35-25(4)17-16-20-32(35)33(39(36,37)11)22-21-31-18-14-15-19-31/h24-37H,13-23H2,1-12H3. The molecule has 0 aromatic rings. The Morgan fingerprint density at radius 3 is 2.05 bits per heavy atom. The fraction of sp³-hybridized carbons (Fsp3) is 1.00. The molecule has 0 radical (unpaired) electrons. The van der Waals surface area contributed by atoms with Gasteiger partial charge < -0.3 is 4.74 Å². The van der Waals surface area contributed by atoms with E-state index < -0.39 is 0 Å². The molecule has 0 spiro atoms. The van der Waals surface area contributed by atoms with Crippen LogP contribution in [0.1, 0.15) is 154 Å². The third-order valence-corrected chi connectivity index (χ3v) is 16.4. The summed E-state index contributed by atoms with van der Waals surface area (Å²) in [5.41, 5.74) is 0.771. The third-order valence-electron chi connectivity index (χ3n) is 16.4. The fourth-order valence-electron chi connectivity index (χ4n) is 14.7. The molecule has 1 heteroatoms. The Bertz CT molecular complexity index is 887. The minimum Gasteiger partial charge on any atom is -0.374 e. The molecule has 0 aromatic carbocycles. The molecule has 0 aliphatic heterocycles. The zero-order valence-electron chi connectivity index (χ0n) is 29.8. The molecule has 1 nitrogen and oxygen atoms in total. The Kier molecular flexibility index (Phi) is 9.24. The van der Waals surface area contributed by atoms with Crippen LogP contribution in [0.3, 0.4) is 0 Å². The molecule has 41 heavy (non-hydrogen) atoms. The molecule has 5 fully saturated rings. The zero-order valence-corrected chi connectivity index (χ0v) is 29.8. The Balaban J connectivity index is 1.68.